The molecule has 0 aliphatic carbocycles. The summed E-state index contributed by atoms with van der Waals surface area (Å²) in [6, 6.07) is 7.83. The standard InChI is InChI=1S/C16H24N2O2/c1-13-4-2-3-5-15(13)17-16(20)7-10-18-9-6-14(12-18)8-11-19/h2-5,14,19H,6-12H2,1H3,(H,17,20)/t14-/m1/s1. The lowest BCUT2D eigenvalue weighted by Gasteiger charge is -2.15. The Morgan fingerprint density at radius 2 is 2.25 bits per heavy atom. The van der Waals surface area contributed by atoms with E-state index in [2.05, 4.69) is 10.2 Å². The molecule has 1 aromatic rings. The minimum atomic E-state index is 0.0740. The van der Waals surface area contributed by atoms with E-state index in [1.165, 1.54) is 0 Å². The minimum absolute atomic E-state index is 0.0740. The quantitative estimate of drug-likeness (QED) is 0.836. The maximum Gasteiger partial charge on any atom is 0.225 e. The van der Waals surface area contributed by atoms with Gasteiger partial charge in [-0.05, 0) is 43.9 Å². The fourth-order valence-electron chi connectivity index (χ4n) is 2.72. The van der Waals surface area contributed by atoms with Crippen molar-refractivity contribution in [3.8, 4) is 0 Å². The van der Waals surface area contributed by atoms with Gasteiger partial charge < -0.3 is 15.3 Å². The second kappa shape index (κ2) is 7.41. The van der Waals surface area contributed by atoms with E-state index in [0.717, 1.165) is 43.7 Å². The highest BCUT2D eigenvalue weighted by molar-refractivity contribution is 5.91. The zero-order valence-electron chi connectivity index (χ0n) is 12.1. The molecule has 1 aliphatic rings. The highest BCUT2D eigenvalue weighted by Crippen LogP contribution is 2.19. The van der Waals surface area contributed by atoms with Crippen molar-refractivity contribution in [2.24, 2.45) is 5.92 Å². The van der Waals surface area contributed by atoms with Crippen molar-refractivity contribution >= 4 is 11.6 Å². The fraction of sp³-hybridized carbons (Fsp3) is 0.562. The zero-order chi connectivity index (χ0) is 14.4. The molecule has 0 saturated carbocycles. The number of aliphatic hydroxyl groups excluding tert-OH is 1. The normalized spacial score (nSPS) is 19.2. The maximum absolute atomic E-state index is 12.0. The van der Waals surface area contributed by atoms with Crippen LogP contribution in [0.5, 0.6) is 0 Å². The van der Waals surface area contributed by atoms with E-state index < -0.39 is 0 Å². The van der Waals surface area contributed by atoms with Gasteiger partial charge in [-0.3, -0.25) is 4.79 Å². The number of nitrogens with zero attached hydrogens (tertiary/aromatic N) is 1. The van der Waals surface area contributed by atoms with Crippen LogP contribution in [0.3, 0.4) is 0 Å². The summed E-state index contributed by atoms with van der Waals surface area (Å²) < 4.78 is 0. The van der Waals surface area contributed by atoms with Crippen molar-refractivity contribution < 1.29 is 9.90 Å². The van der Waals surface area contributed by atoms with Gasteiger partial charge in [-0.15, -0.1) is 0 Å². The number of carbonyl (C=O) groups excluding carboxylic acids is 1. The molecule has 1 saturated heterocycles. The highest BCUT2D eigenvalue weighted by Gasteiger charge is 2.22. The number of aliphatic hydroxyl groups is 1. The number of para-hydroxylation sites is 1. The van der Waals surface area contributed by atoms with Crippen LogP contribution in [-0.4, -0.2) is 42.2 Å². The average molecular weight is 276 g/mol. The third-order valence-electron chi connectivity index (χ3n) is 3.98. The highest BCUT2D eigenvalue weighted by atomic mass is 16.3. The molecule has 20 heavy (non-hydrogen) atoms. The maximum atomic E-state index is 12.0. The molecule has 1 heterocycles. The summed E-state index contributed by atoms with van der Waals surface area (Å²) in [5, 5.41) is 11.9. The van der Waals surface area contributed by atoms with Crippen molar-refractivity contribution in [2.75, 3.05) is 31.6 Å². The summed E-state index contributed by atoms with van der Waals surface area (Å²) in [6.45, 7) is 5.13. The van der Waals surface area contributed by atoms with E-state index >= 15 is 0 Å². The Hall–Kier alpha value is -1.39. The van der Waals surface area contributed by atoms with Gasteiger partial charge in [0.15, 0.2) is 0 Å². The number of benzene rings is 1. The summed E-state index contributed by atoms with van der Waals surface area (Å²) in [6.07, 6.45) is 2.55. The molecule has 0 spiro atoms. The second-order valence-electron chi connectivity index (χ2n) is 5.58. The number of aryl methyl sites for hydroxylation is 1. The summed E-state index contributed by atoms with van der Waals surface area (Å²) in [5.41, 5.74) is 1.99. The summed E-state index contributed by atoms with van der Waals surface area (Å²) in [5.74, 6) is 0.671. The molecule has 0 radical (unpaired) electrons. The fourth-order valence-corrected chi connectivity index (χ4v) is 2.72. The molecule has 1 aliphatic heterocycles. The second-order valence-corrected chi connectivity index (χ2v) is 5.58. The van der Waals surface area contributed by atoms with E-state index in [1.807, 2.05) is 31.2 Å². The number of carbonyl (C=O) groups is 1. The van der Waals surface area contributed by atoms with Crippen LogP contribution in [0.25, 0.3) is 0 Å². The van der Waals surface area contributed by atoms with E-state index in [1.54, 1.807) is 0 Å². The molecule has 0 aromatic heterocycles. The molecule has 4 heteroatoms. The first-order valence-electron chi connectivity index (χ1n) is 7.37. The van der Waals surface area contributed by atoms with Gasteiger partial charge in [0.25, 0.3) is 0 Å². The Balaban J connectivity index is 1.72. The van der Waals surface area contributed by atoms with Gasteiger partial charge in [0, 0.05) is 31.8 Å². The summed E-state index contributed by atoms with van der Waals surface area (Å²) in [7, 11) is 0. The molecular weight excluding hydrogens is 252 g/mol. The molecule has 0 unspecified atom stereocenters. The molecular formula is C16H24N2O2. The molecule has 2 N–H and O–H groups in total. The van der Waals surface area contributed by atoms with Gasteiger partial charge in [-0.1, -0.05) is 18.2 Å². The van der Waals surface area contributed by atoms with Crippen LogP contribution >= 0.6 is 0 Å². The van der Waals surface area contributed by atoms with Crippen molar-refractivity contribution in [1.82, 2.24) is 4.90 Å². The van der Waals surface area contributed by atoms with Crippen molar-refractivity contribution in [1.29, 1.82) is 0 Å². The van der Waals surface area contributed by atoms with Crippen molar-refractivity contribution in [2.45, 2.75) is 26.2 Å². The molecule has 1 fully saturated rings. The summed E-state index contributed by atoms with van der Waals surface area (Å²) >= 11 is 0. The van der Waals surface area contributed by atoms with Gasteiger partial charge in [0.05, 0.1) is 0 Å². The van der Waals surface area contributed by atoms with E-state index in [4.69, 9.17) is 5.11 Å². The van der Waals surface area contributed by atoms with Gasteiger partial charge >= 0.3 is 0 Å². The molecule has 110 valence electrons. The molecule has 2 rings (SSSR count). The Morgan fingerprint density at radius 3 is 3.00 bits per heavy atom. The lowest BCUT2D eigenvalue weighted by Crippen LogP contribution is -2.26. The molecule has 1 aromatic carbocycles. The first-order valence-corrected chi connectivity index (χ1v) is 7.37. The molecule has 4 nitrogen and oxygen atoms in total. The van der Waals surface area contributed by atoms with Crippen LogP contribution in [0.2, 0.25) is 0 Å². The Labute approximate surface area is 120 Å². The number of hydrogen-bond donors (Lipinski definition) is 2. The number of anilines is 1. The van der Waals surface area contributed by atoms with Crippen LogP contribution in [0.15, 0.2) is 24.3 Å². The Morgan fingerprint density at radius 1 is 1.45 bits per heavy atom. The average Bonchev–Trinajstić information content (AvgIpc) is 2.87. The first-order chi connectivity index (χ1) is 9.69. The SMILES string of the molecule is Cc1ccccc1NC(=O)CCN1CC[C@H](CCO)C1. The molecule has 1 amide bonds. The van der Waals surface area contributed by atoms with E-state index in [0.29, 0.717) is 12.3 Å². The predicted octanol–water partition coefficient (Wildman–Crippen LogP) is 2.03. The van der Waals surface area contributed by atoms with Crippen LogP contribution < -0.4 is 5.32 Å². The van der Waals surface area contributed by atoms with Crippen LogP contribution in [-0.2, 0) is 4.79 Å². The summed E-state index contributed by atoms with van der Waals surface area (Å²) in [4.78, 5) is 14.3. The lowest BCUT2D eigenvalue weighted by molar-refractivity contribution is -0.116. The number of hydrogen-bond acceptors (Lipinski definition) is 3. The lowest BCUT2D eigenvalue weighted by atomic mass is 10.1. The minimum Gasteiger partial charge on any atom is -0.396 e. The third kappa shape index (κ3) is 4.32. The first kappa shape index (κ1) is 15.0. The zero-order valence-corrected chi connectivity index (χ0v) is 12.1. The van der Waals surface area contributed by atoms with Gasteiger partial charge in [-0.2, -0.15) is 0 Å². The van der Waals surface area contributed by atoms with Crippen molar-refractivity contribution in [3.05, 3.63) is 29.8 Å². The smallest absolute Gasteiger partial charge is 0.225 e. The predicted molar refractivity (Wildman–Crippen MR) is 80.7 cm³/mol. The van der Waals surface area contributed by atoms with E-state index in [9.17, 15) is 4.79 Å². The van der Waals surface area contributed by atoms with Gasteiger partial charge in [0.1, 0.15) is 0 Å². The number of nitrogens with one attached hydrogen (secondary N) is 1. The van der Waals surface area contributed by atoms with Crippen LogP contribution in [0.4, 0.5) is 5.69 Å². The van der Waals surface area contributed by atoms with Crippen LogP contribution in [0.1, 0.15) is 24.8 Å². The topological polar surface area (TPSA) is 52.6 Å². The number of likely N-dealkylation sites (tertiary alicyclic amines) is 1. The molecule has 1 atom stereocenters. The third-order valence-corrected chi connectivity index (χ3v) is 3.98. The Kier molecular flexibility index (Phi) is 5.56. The van der Waals surface area contributed by atoms with Crippen LogP contribution in [0, 0.1) is 12.8 Å². The Bertz CT molecular complexity index is 448. The molecule has 0 bridgehead atoms. The van der Waals surface area contributed by atoms with E-state index in [-0.39, 0.29) is 12.5 Å². The van der Waals surface area contributed by atoms with Gasteiger partial charge in [0.2, 0.25) is 5.91 Å². The largest absolute Gasteiger partial charge is 0.396 e. The number of amides is 1. The monoisotopic (exact) mass is 276 g/mol. The van der Waals surface area contributed by atoms with Crippen molar-refractivity contribution in [3.63, 3.8) is 0 Å². The number of rotatable bonds is 6. The van der Waals surface area contributed by atoms with Gasteiger partial charge in [-0.25, -0.2) is 0 Å².